The van der Waals surface area contributed by atoms with Gasteiger partial charge in [0.05, 0.1) is 34.4 Å². The molecule has 83 heavy (non-hydrogen) atoms. The summed E-state index contributed by atoms with van der Waals surface area (Å²) in [7, 11) is 6.00. The summed E-state index contributed by atoms with van der Waals surface area (Å²) < 4.78 is 23.0. The summed E-state index contributed by atoms with van der Waals surface area (Å²) in [4.78, 5) is 37.6. The molecular formula is C74H146NO8+. The number of aliphatic carboxylic acids is 1. The summed E-state index contributed by atoms with van der Waals surface area (Å²) in [6.45, 7) is 4.98. The fourth-order valence-corrected chi connectivity index (χ4v) is 11.7. The Morgan fingerprint density at radius 3 is 0.771 bits per heavy atom. The molecule has 2 unspecified atom stereocenters. The molecule has 0 aromatic heterocycles. The van der Waals surface area contributed by atoms with Gasteiger partial charge in [-0.25, -0.2) is 4.79 Å². The van der Waals surface area contributed by atoms with Gasteiger partial charge in [-0.15, -0.1) is 0 Å². The molecule has 0 rings (SSSR count). The first-order valence-corrected chi connectivity index (χ1v) is 37.2. The summed E-state index contributed by atoms with van der Waals surface area (Å²) in [5.74, 6) is -1.96. The Morgan fingerprint density at radius 1 is 0.313 bits per heavy atom. The molecule has 0 fully saturated rings. The molecule has 0 bridgehead atoms. The quantitative estimate of drug-likeness (QED) is 0.0278. The number of unbranched alkanes of at least 4 members (excludes halogenated alkanes) is 56. The Balaban J connectivity index is 4.00. The number of carboxylic acid groups (broad SMARTS) is 1. The maximum absolute atomic E-state index is 13.0. The normalized spacial score (nSPS) is 12.5. The molecular weight excluding hydrogens is 1030 g/mol. The van der Waals surface area contributed by atoms with Gasteiger partial charge in [0.2, 0.25) is 0 Å². The summed E-state index contributed by atoms with van der Waals surface area (Å²) in [6.07, 6.45) is 76.7. The number of carboxylic acids is 1. The van der Waals surface area contributed by atoms with E-state index in [0.717, 1.165) is 38.5 Å². The van der Waals surface area contributed by atoms with Crippen molar-refractivity contribution in [2.24, 2.45) is 0 Å². The second kappa shape index (κ2) is 66.2. The lowest BCUT2D eigenvalue weighted by atomic mass is 10.0. The van der Waals surface area contributed by atoms with Crippen LogP contribution in [0, 0.1) is 0 Å². The highest BCUT2D eigenvalue weighted by Crippen LogP contribution is 2.20. The maximum atomic E-state index is 13.0. The van der Waals surface area contributed by atoms with Gasteiger partial charge < -0.3 is 28.5 Å². The fourth-order valence-electron chi connectivity index (χ4n) is 11.7. The van der Waals surface area contributed by atoms with E-state index in [-0.39, 0.29) is 38.2 Å². The molecule has 1 N–H and O–H groups in total. The average molecular weight is 1180 g/mol. The predicted molar refractivity (Wildman–Crippen MR) is 355 cm³/mol. The van der Waals surface area contributed by atoms with Gasteiger partial charge >= 0.3 is 17.9 Å². The Bertz CT molecular complexity index is 1320. The fraction of sp³-hybridized carbons (Fsp3) is 0.959. The molecule has 0 spiro atoms. The molecule has 0 saturated carbocycles. The summed E-state index contributed by atoms with van der Waals surface area (Å²) in [6, 6.07) is 0. The van der Waals surface area contributed by atoms with E-state index in [4.69, 9.17) is 18.9 Å². The van der Waals surface area contributed by atoms with Crippen molar-refractivity contribution in [1.29, 1.82) is 0 Å². The van der Waals surface area contributed by atoms with Crippen LogP contribution in [0.2, 0.25) is 0 Å². The standard InChI is InChI=1S/C74H145NO8/c1-6-8-10-12-14-16-18-20-22-24-26-28-30-32-34-35-36-37-38-39-41-43-45-47-49-51-53-55-57-59-61-63-65-72(77)83-70(69-82-74(73(78)79)80-67-66-75(3,4)5)68-81-71(76)64-62-60-58-56-54-52-50-48-46-44-42-40-33-31-29-27-25-23-21-19-17-15-13-11-9-7-2/h70,74H,6-69H2,1-5H3/p+1. The van der Waals surface area contributed by atoms with Crippen LogP contribution in [0.1, 0.15) is 399 Å². The van der Waals surface area contributed by atoms with E-state index in [1.54, 1.807) is 0 Å². The van der Waals surface area contributed by atoms with E-state index in [0.29, 0.717) is 17.4 Å². The Labute approximate surface area is 517 Å². The smallest absolute Gasteiger partial charge is 0.361 e. The molecule has 0 heterocycles. The van der Waals surface area contributed by atoms with Crippen LogP contribution in [-0.4, -0.2) is 87.4 Å². The maximum Gasteiger partial charge on any atom is 0.361 e. The predicted octanol–water partition coefficient (Wildman–Crippen LogP) is 23.0. The first-order valence-electron chi connectivity index (χ1n) is 37.2. The van der Waals surface area contributed by atoms with Crippen molar-refractivity contribution >= 4 is 17.9 Å². The highest BCUT2D eigenvalue weighted by Gasteiger charge is 2.25. The Morgan fingerprint density at radius 2 is 0.542 bits per heavy atom. The minimum atomic E-state index is -1.50. The zero-order valence-electron chi connectivity index (χ0n) is 56.7. The van der Waals surface area contributed by atoms with Crippen LogP contribution < -0.4 is 0 Å². The van der Waals surface area contributed by atoms with Gasteiger partial charge in [-0.2, -0.15) is 0 Å². The number of carbonyl (C=O) groups excluding carboxylic acids is 2. The SMILES string of the molecule is CCCCCCCCCCCCCCCCCCCCCCCCCCCCCCCCCCC(=O)OC(COC(=O)CCCCCCCCCCCCCCCCCCCCCCCCCCCC)COC(OCC[N+](C)(C)C)C(=O)O. The lowest BCUT2D eigenvalue weighted by Crippen LogP contribution is -2.40. The van der Waals surface area contributed by atoms with Crippen molar-refractivity contribution in [3.05, 3.63) is 0 Å². The molecule has 0 saturated heterocycles. The van der Waals surface area contributed by atoms with Crippen molar-refractivity contribution < 1.29 is 42.9 Å². The summed E-state index contributed by atoms with van der Waals surface area (Å²) in [5.41, 5.74) is 0. The highest BCUT2D eigenvalue weighted by molar-refractivity contribution is 5.71. The molecule has 0 aromatic carbocycles. The van der Waals surface area contributed by atoms with Crippen molar-refractivity contribution in [1.82, 2.24) is 0 Å². The summed E-state index contributed by atoms with van der Waals surface area (Å²) >= 11 is 0. The lowest BCUT2D eigenvalue weighted by molar-refractivity contribution is -0.870. The van der Waals surface area contributed by atoms with Gasteiger partial charge in [-0.05, 0) is 12.8 Å². The number of likely N-dealkylation sites (N-methyl/N-ethyl adjacent to an activating group) is 1. The Hall–Kier alpha value is -1.71. The number of quaternary nitrogens is 1. The molecule has 0 amide bonds. The first kappa shape index (κ1) is 81.3. The van der Waals surface area contributed by atoms with E-state index >= 15 is 0 Å². The van der Waals surface area contributed by atoms with E-state index in [1.165, 1.54) is 334 Å². The second-order valence-electron chi connectivity index (χ2n) is 27.0. The molecule has 0 aliphatic carbocycles. The number of nitrogens with zero attached hydrogens (tertiary/aromatic N) is 1. The van der Waals surface area contributed by atoms with E-state index in [1.807, 2.05) is 21.1 Å². The summed E-state index contributed by atoms with van der Waals surface area (Å²) in [5, 5.41) is 9.75. The van der Waals surface area contributed by atoms with Crippen LogP contribution >= 0.6 is 0 Å². The van der Waals surface area contributed by atoms with Crippen molar-refractivity contribution in [2.75, 3.05) is 47.5 Å². The third kappa shape index (κ3) is 67.7. The monoisotopic (exact) mass is 1180 g/mol. The lowest BCUT2D eigenvalue weighted by Gasteiger charge is -2.25. The van der Waals surface area contributed by atoms with Crippen LogP contribution in [0.25, 0.3) is 0 Å². The van der Waals surface area contributed by atoms with Crippen LogP contribution in [0.5, 0.6) is 0 Å². The number of hydrogen-bond acceptors (Lipinski definition) is 7. The number of carbonyl (C=O) groups is 3. The zero-order chi connectivity index (χ0) is 60.5. The molecule has 0 aliphatic rings. The number of ether oxygens (including phenoxy) is 4. The van der Waals surface area contributed by atoms with Crippen LogP contribution in [0.3, 0.4) is 0 Å². The topological polar surface area (TPSA) is 108 Å². The van der Waals surface area contributed by atoms with E-state index < -0.39 is 18.4 Å². The van der Waals surface area contributed by atoms with E-state index in [9.17, 15) is 19.5 Å². The first-order chi connectivity index (χ1) is 40.6. The largest absolute Gasteiger partial charge is 0.477 e. The van der Waals surface area contributed by atoms with Gasteiger partial charge in [-0.1, -0.05) is 373 Å². The van der Waals surface area contributed by atoms with Crippen molar-refractivity contribution in [3.63, 3.8) is 0 Å². The van der Waals surface area contributed by atoms with Crippen LogP contribution in [0.4, 0.5) is 0 Å². The van der Waals surface area contributed by atoms with Crippen LogP contribution in [-0.2, 0) is 33.3 Å². The molecule has 9 heteroatoms. The van der Waals surface area contributed by atoms with Crippen molar-refractivity contribution in [3.8, 4) is 0 Å². The van der Waals surface area contributed by atoms with Gasteiger partial charge in [0.25, 0.3) is 6.29 Å². The molecule has 9 nitrogen and oxygen atoms in total. The number of hydrogen-bond donors (Lipinski definition) is 1. The number of rotatable bonds is 71. The molecule has 2 atom stereocenters. The van der Waals surface area contributed by atoms with Gasteiger partial charge in [-0.3, -0.25) is 9.59 Å². The second-order valence-corrected chi connectivity index (χ2v) is 27.0. The van der Waals surface area contributed by atoms with Crippen LogP contribution in [0.15, 0.2) is 0 Å². The third-order valence-electron chi connectivity index (χ3n) is 17.4. The van der Waals surface area contributed by atoms with E-state index in [2.05, 4.69) is 13.8 Å². The molecule has 494 valence electrons. The average Bonchev–Trinajstić information content (AvgIpc) is 3.46. The van der Waals surface area contributed by atoms with Crippen molar-refractivity contribution in [2.45, 2.75) is 411 Å². The highest BCUT2D eigenvalue weighted by atomic mass is 16.7. The molecule has 0 aromatic rings. The molecule has 0 aliphatic heterocycles. The van der Waals surface area contributed by atoms with Gasteiger partial charge in [0.15, 0.2) is 6.10 Å². The molecule has 0 radical (unpaired) electrons. The third-order valence-corrected chi connectivity index (χ3v) is 17.4. The minimum absolute atomic E-state index is 0.172. The minimum Gasteiger partial charge on any atom is -0.477 e. The zero-order valence-corrected chi connectivity index (χ0v) is 56.7. The number of esters is 2. The van der Waals surface area contributed by atoms with Gasteiger partial charge in [0, 0.05) is 12.8 Å². The van der Waals surface area contributed by atoms with Gasteiger partial charge in [0.1, 0.15) is 13.2 Å². The Kier molecular flexibility index (Phi) is 64.9.